The van der Waals surface area contributed by atoms with Crippen molar-refractivity contribution in [3.8, 4) is 0 Å². The zero-order valence-electron chi connectivity index (χ0n) is 9.03. The lowest BCUT2D eigenvalue weighted by Crippen LogP contribution is -2.20. The Kier molecular flexibility index (Phi) is 4.47. The lowest BCUT2D eigenvalue weighted by Gasteiger charge is -2.19. The summed E-state index contributed by atoms with van der Waals surface area (Å²) in [6.07, 6.45) is 3.08. The molecular weight excluding hydrogens is 174 g/mol. The molecule has 14 heavy (non-hydrogen) atoms. The second-order valence-corrected chi connectivity index (χ2v) is 3.46. The Balaban J connectivity index is 2.72. The highest BCUT2D eigenvalue weighted by Crippen LogP contribution is 2.19. The molecule has 1 aromatic rings. The molecule has 0 radical (unpaired) electrons. The molecule has 0 bridgehead atoms. The van der Waals surface area contributed by atoms with E-state index in [2.05, 4.69) is 19.9 Å². The molecule has 78 valence electrons. The van der Waals surface area contributed by atoms with Gasteiger partial charge in [-0.3, -0.25) is 10.3 Å². The number of benzene rings is 1. The Morgan fingerprint density at radius 2 is 1.93 bits per heavy atom. The maximum absolute atomic E-state index is 9.80. The molecule has 0 aliphatic rings. The summed E-state index contributed by atoms with van der Waals surface area (Å²) < 4.78 is 0. The van der Waals surface area contributed by atoms with Crippen LogP contribution in [0.15, 0.2) is 24.3 Å². The average Bonchev–Trinajstić information content (AvgIpc) is 2.25. The molecule has 0 aliphatic carbocycles. The number of aryl methyl sites for hydroxylation is 1. The van der Waals surface area contributed by atoms with E-state index in [9.17, 15) is 5.21 Å². The van der Waals surface area contributed by atoms with E-state index in [0.29, 0.717) is 6.54 Å². The van der Waals surface area contributed by atoms with Crippen LogP contribution >= 0.6 is 0 Å². The quantitative estimate of drug-likeness (QED) is 0.726. The maximum Gasteiger partial charge on any atom is 0.0665 e. The zero-order chi connectivity index (χ0) is 10.4. The van der Waals surface area contributed by atoms with E-state index in [-0.39, 0.29) is 0 Å². The molecule has 1 aromatic carbocycles. The van der Waals surface area contributed by atoms with E-state index >= 15 is 0 Å². The Hall–Kier alpha value is -1.02. The van der Waals surface area contributed by atoms with Crippen LogP contribution in [-0.4, -0.2) is 11.8 Å². The van der Waals surface area contributed by atoms with Crippen molar-refractivity contribution in [3.63, 3.8) is 0 Å². The van der Waals surface area contributed by atoms with Gasteiger partial charge >= 0.3 is 0 Å². The fourth-order valence-corrected chi connectivity index (χ4v) is 1.49. The van der Waals surface area contributed by atoms with Crippen LogP contribution in [0.3, 0.4) is 0 Å². The lowest BCUT2D eigenvalue weighted by molar-refractivity contribution is 0.251. The third-order valence-corrected chi connectivity index (χ3v) is 2.37. The van der Waals surface area contributed by atoms with E-state index in [4.69, 9.17) is 0 Å². The number of rotatable bonds is 5. The van der Waals surface area contributed by atoms with Gasteiger partial charge in [0.15, 0.2) is 0 Å². The number of para-hydroxylation sites is 1. The summed E-state index contributed by atoms with van der Waals surface area (Å²) in [6, 6.07) is 8.00. The summed E-state index contributed by atoms with van der Waals surface area (Å²) in [6.45, 7) is 4.94. The van der Waals surface area contributed by atoms with Gasteiger partial charge in [0, 0.05) is 6.54 Å². The smallest absolute Gasteiger partial charge is 0.0665 e. The van der Waals surface area contributed by atoms with Gasteiger partial charge in [0.2, 0.25) is 0 Å². The first-order valence-electron chi connectivity index (χ1n) is 5.33. The second kappa shape index (κ2) is 5.66. The van der Waals surface area contributed by atoms with E-state index in [0.717, 1.165) is 24.9 Å². The standard InChI is InChI=1S/C12H19NO/c1-3-5-10-13(14)12-9-7-6-8-11(12)4-2/h6-9,14H,3-5,10H2,1-2H3. The van der Waals surface area contributed by atoms with E-state index in [1.807, 2.05) is 18.2 Å². The number of hydrogen-bond acceptors (Lipinski definition) is 2. The van der Waals surface area contributed by atoms with Crippen LogP contribution in [0, 0.1) is 0 Å². The number of nitrogens with zero attached hydrogens (tertiary/aromatic N) is 1. The summed E-state index contributed by atoms with van der Waals surface area (Å²) in [4.78, 5) is 0. The van der Waals surface area contributed by atoms with Crippen molar-refractivity contribution in [3.05, 3.63) is 29.8 Å². The van der Waals surface area contributed by atoms with Gasteiger partial charge in [-0.2, -0.15) is 0 Å². The summed E-state index contributed by atoms with van der Waals surface area (Å²) in [5, 5.41) is 11.2. The van der Waals surface area contributed by atoms with Crippen molar-refractivity contribution in [2.75, 3.05) is 11.6 Å². The minimum Gasteiger partial charge on any atom is -0.288 e. The predicted molar refractivity (Wildman–Crippen MR) is 59.9 cm³/mol. The number of anilines is 1. The van der Waals surface area contributed by atoms with Crippen LogP contribution in [0.4, 0.5) is 5.69 Å². The van der Waals surface area contributed by atoms with Gasteiger partial charge in [0.1, 0.15) is 0 Å². The third kappa shape index (κ3) is 2.74. The predicted octanol–water partition coefficient (Wildman–Crippen LogP) is 3.24. The van der Waals surface area contributed by atoms with Gasteiger partial charge < -0.3 is 0 Å². The van der Waals surface area contributed by atoms with Gasteiger partial charge in [-0.15, -0.1) is 0 Å². The molecule has 0 fully saturated rings. The molecule has 1 N–H and O–H groups in total. The minimum atomic E-state index is 0.716. The molecular formula is C12H19NO. The Bertz CT molecular complexity index is 273. The number of hydroxylamine groups is 1. The molecule has 0 amide bonds. The molecule has 0 saturated carbocycles. The highest BCUT2D eigenvalue weighted by Gasteiger charge is 2.05. The number of hydrogen-bond donors (Lipinski definition) is 1. The fraction of sp³-hybridized carbons (Fsp3) is 0.500. The van der Waals surface area contributed by atoms with Crippen molar-refractivity contribution in [2.45, 2.75) is 33.1 Å². The molecule has 0 heterocycles. The van der Waals surface area contributed by atoms with E-state index < -0.39 is 0 Å². The highest BCUT2D eigenvalue weighted by molar-refractivity contribution is 5.51. The summed E-state index contributed by atoms with van der Waals surface area (Å²) in [5.74, 6) is 0. The average molecular weight is 193 g/mol. The summed E-state index contributed by atoms with van der Waals surface area (Å²) in [5.41, 5.74) is 2.15. The lowest BCUT2D eigenvalue weighted by atomic mass is 10.1. The van der Waals surface area contributed by atoms with Gasteiger partial charge in [-0.25, -0.2) is 0 Å². The highest BCUT2D eigenvalue weighted by atomic mass is 16.5. The zero-order valence-corrected chi connectivity index (χ0v) is 9.03. The number of unbranched alkanes of at least 4 members (excludes halogenated alkanes) is 1. The maximum atomic E-state index is 9.80. The molecule has 2 nitrogen and oxygen atoms in total. The molecule has 0 spiro atoms. The summed E-state index contributed by atoms with van der Waals surface area (Å²) in [7, 11) is 0. The minimum absolute atomic E-state index is 0.716. The van der Waals surface area contributed by atoms with Crippen LogP contribution in [0.1, 0.15) is 32.3 Å². The monoisotopic (exact) mass is 193 g/mol. The van der Waals surface area contributed by atoms with Crippen molar-refractivity contribution in [1.29, 1.82) is 0 Å². The van der Waals surface area contributed by atoms with Crippen LogP contribution in [0.25, 0.3) is 0 Å². The molecule has 2 heteroatoms. The fourth-order valence-electron chi connectivity index (χ4n) is 1.49. The van der Waals surface area contributed by atoms with E-state index in [1.165, 1.54) is 10.6 Å². The SMILES string of the molecule is CCCCN(O)c1ccccc1CC. The largest absolute Gasteiger partial charge is 0.288 e. The van der Waals surface area contributed by atoms with Gasteiger partial charge in [-0.05, 0) is 24.5 Å². The topological polar surface area (TPSA) is 23.5 Å². The first-order valence-corrected chi connectivity index (χ1v) is 5.33. The van der Waals surface area contributed by atoms with Crippen LogP contribution in [0.2, 0.25) is 0 Å². The van der Waals surface area contributed by atoms with Crippen molar-refractivity contribution >= 4 is 5.69 Å². The van der Waals surface area contributed by atoms with Gasteiger partial charge in [0.25, 0.3) is 0 Å². The molecule has 0 atom stereocenters. The molecule has 0 saturated heterocycles. The Morgan fingerprint density at radius 3 is 2.57 bits per heavy atom. The van der Waals surface area contributed by atoms with E-state index in [1.54, 1.807) is 0 Å². The van der Waals surface area contributed by atoms with Crippen LogP contribution in [0.5, 0.6) is 0 Å². The Morgan fingerprint density at radius 1 is 1.21 bits per heavy atom. The molecule has 0 aromatic heterocycles. The van der Waals surface area contributed by atoms with Crippen LogP contribution in [-0.2, 0) is 6.42 Å². The van der Waals surface area contributed by atoms with Crippen molar-refractivity contribution < 1.29 is 5.21 Å². The second-order valence-electron chi connectivity index (χ2n) is 3.46. The van der Waals surface area contributed by atoms with Crippen LogP contribution < -0.4 is 5.06 Å². The van der Waals surface area contributed by atoms with Gasteiger partial charge in [-0.1, -0.05) is 38.5 Å². The molecule has 0 aliphatic heterocycles. The summed E-state index contributed by atoms with van der Waals surface area (Å²) >= 11 is 0. The first-order chi connectivity index (χ1) is 6.79. The first kappa shape index (κ1) is 11.1. The molecule has 0 unspecified atom stereocenters. The van der Waals surface area contributed by atoms with Crippen molar-refractivity contribution in [1.82, 2.24) is 0 Å². The normalized spacial score (nSPS) is 10.2. The Labute approximate surface area is 86.1 Å². The van der Waals surface area contributed by atoms with Crippen molar-refractivity contribution in [2.24, 2.45) is 0 Å². The molecule has 1 rings (SSSR count). The third-order valence-electron chi connectivity index (χ3n) is 2.37. The van der Waals surface area contributed by atoms with Gasteiger partial charge in [0.05, 0.1) is 5.69 Å².